The molecule has 0 rings (SSSR count). The molecule has 0 aliphatic rings. The zero-order chi connectivity index (χ0) is 0. The molecular weight excluding hydrogens is 454 g/mol. The summed E-state index contributed by atoms with van der Waals surface area (Å²) in [7, 11) is 0. The third-order valence-electron chi connectivity index (χ3n) is 0. The fourth-order valence-electron chi connectivity index (χ4n) is 0. The van der Waals surface area contributed by atoms with Crippen LogP contribution >= 0.6 is 0 Å². The Morgan fingerprint density at radius 2 is 0.667 bits per heavy atom. The Balaban J connectivity index is 0. The first-order chi connectivity index (χ1) is 0. The van der Waals surface area contributed by atoms with Crippen LogP contribution in [0.3, 0.4) is 0 Å². The summed E-state index contributed by atoms with van der Waals surface area (Å²) in [6, 6.07) is 0. The molecule has 6 heteroatoms. The molecule has 0 spiro atoms. The molecule has 0 aromatic heterocycles. The predicted molar refractivity (Wildman–Crippen MR) is 44.2 cm³/mol. The number of rotatable bonds is 0. The van der Waals surface area contributed by atoms with Crippen LogP contribution in [0.2, 0.25) is 0 Å². The molecule has 0 amide bonds. The second-order valence-corrected chi connectivity index (χ2v) is 0. The van der Waals surface area contributed by atoms with Crippen LogP contribution in [-0.4, -0.2) is 104 Å². The number of hydrogen-bond acceptors (Lipinski definition) is 0. The maximum absolute atomic E-state index is 0. The van der Waals surface area contributed by atoms with E-state index in [-0.39, 0.29) is 104 Å². The Hall–Kier alpha value is 3.02. The Morgan fingerprint density at radius 1 is 0.667 bits per heavy atom. The molecular formula is H14GaInO2Sn2. The number of hydrogen-bond donors (Lipinski definition) is 0. The van der Waals surface area contributed by atoms with Crippen molar-refractivity contribution in [3.8, 4) is 0 Å². The van der Waals surface area contributed by atoms with Gasteiger partial charge in [0.25, 0.3) is 0 Å². The summed E-state index contributed by atoms with van der Waals surface area (Å²) < 4.78 is 0. The van der Waals surface area contributed by atoms with Gasteiger partial charge in [-0.1, -0.05) is 0 Å². The predicted octanol–water partition coefficient (Wildman–Crippen LogP) is -5.85. The van der Waals surface area contributed by atoms with E-state index in [1.54, 1.807) is 0 Å². The van der Waals surface area contributed by atoms with Crippen molar-refractivity contribution < 1.29 is 11.0 Å². The quantitative estimate of drug-likeness (QED) is 0.319. The molecule has 0 heterocycles. The average molecular weight is 468 g/mol. The van der Waals surface area contributed by atoms with Gasteiger partial charge in [-0.2, -0.15) is 0 Å². The summed E-state index contributed by atoms with van der Waals surface area (Å²) in [5.74, 6) is 0. The van der Waals surface area contributed by atoms with Gasteiger partial charge < -0.3 is 11.0 Å². The molecule has 40 valence electrons. The van der Waals surface area contributed by atoms with Gasteiger partial charge >= 0.3 is 93.4 Å². The van der Waals surface area contributed by atoms with Gasteiger partial charge in [-0.3, -0.25) is 0 Å². The van der Waals surface area contributed by atoms with Gasteiger partial charge in [0.05, 0.1) is 0 Å². The van der Waals surface area contributed by atoms with Crippen LogP contribution in [0.1, 0.15) is 0 Å². The molecule has 0 aromatic rings. The SMILES string of the molecule is O.O.[GaH3].[InH3].[SnH2].[SnH2]. The minimum atomic E-state index is 0. The normalized spacial score (nSPS) is 0. The molecule has 0 atom stereocenters. The van der Waals surface area contributed by atoms with Gasteiger partial charge in [-0.05, 0) is 0 Å². The van der Waals surface area contributed by atoms with E-state index in [0.29, 0.717) is 0 Å². The van der Waals surface area contributed by atoms with Crippen LogP contribution in [0, 0.1) is 0 Å². The van der Waals surface area contributed by atoms with Crippen molar-refractivity contribution >= 4 is 93.4 Å². The molecule has 4 N–H and O–H groups in total. The van der Waals surface area contributed by atoms with Crippen LogP contribution < -0.4 is 0 Å². The third-order valence-corrected chi connectivity index (χ3v) is 0. The van der Waals surface area contributed by atoms with Crippen LogP contribution in [-0.2, 0) is 0 Å². The topological polar surface area (TPSA) is 63.0 Å². The fraction of sp³-hybridized carbons (Fsp3) is 0. The average Bonchev–Trinajstić information content (AvgIpc) is 0. The molecule has 0 aliphatic heterocycles. The molecule has 0 aromatic carbocycles. The van der Waals surface area contributed by atoms with Gasteiger partial charge in [-0.25, -0.2) is 0 Å². The molecule has 0 saturated heterocycles. The first kappa shape index (κ1) is 63.5. The Labute approximate surface area is 103 Å². The summed E-state index contributed by atoms with van der Waals surface area (Å²) in [5.41, 5.74) is 0. The van der Waals surface area contributed by atoms with Crippen LogP contribution in [0.4, 0.5) is 0 Å². The first-order valence-corrected chi connectivity index (χ1v) is 0. The second-order valence-electron chi connectivity index (χ2n) is 0. The zero-order valence-electron chi connectivity index (χ0n) is 2.41. The monoisotopic (exact) mass is 470 g/mol. The van der Waals surface area contributed by atoms with E-state index >= 15 is 0 Å². The Kier molecular flexibility index (Phi) is 458. The molecule has 4 radical (unpaired) electrons. The van der Waals surface area contributed by atoms with Crippen molar-refractivity contribution in [3.63, 3.8) is 0 Å². The van der Waals surface area contributed by atoms with E-state index in [9.17, 15) is 0 Å². The molecule has 0 unspecified atom stereocenters. The summed E-state index contributed by atoms with van der Waals surface area (Å²) in [4.78, 5) is 0. The first-order valence-electron chi connectivity index (χ1n) is 0. The van der Waals surface area contributed by atoms with Crippen LogP contribution in [0.5, 0.6) is 0 Å². The van der Waals surface area contributed by atoms with Gasteiger partial charge in [0.1, 0.15) is 0 Å². The van der Waals surface area contributed by atoms with E-state index in [1.165, 1.54) is 0 Å². The van der Waals surface area contributed by atoms with E-state index in [0.717, 1.165) is 0 Å². The second kappa shape index (κ2) is 43.3. The molecule has 2 nitrogen and oxygen atoms in total. The van der Waals surface area contributed by atoms with Crippen molar-refractivity contribution in [1.82, 2.24) is 0 Å². The van der Waals surface area contributed by atoms with E-state index in [4.69, 9.17) is 0 Å². The van der Waals surface area contributed by atoms with Crippen LogP contribution in [0.15, 0.2) is 0 Å². The van der Waals surface area contributed by atoms with Gasteiger partial charge in [-0.15, -0.1) is 0 Å². The van der Waals surface area contributed by atoms with E-state index < -0.39 is 0 Å². The van der Waals surface area contributed by atoms with Crippen LogP contribution in [0.25, 0.3) is 0 Å². The summed E-state index contributed by atoms with van der Waals surface area (Å²) >= 11 is 0. The molecule has 0 saturated carbocycles. The van der Waals surface area contributed by atoms with Crippen molar-refractivity contribution in [2.75, 3.05) is 0 Å². The third kappa shape index (κ3) is 27.9. The molecule has 0 aliphatic carbocycles. The van der Waals surface area contributed by atoms with Gasteiger partial charge in [0, 0.05) is 0 Å². The van der Waals surface area contributed by atoms with Crippen molar-refractivity contribution in [2.45, 2.75) is 0 Å². The minimum absolute atomic E-state index is 0. The Bertz CT molecular complexity index is 11.5. The summed E-state index contributed by atoms with van der Waals surface area (Å²) in [5, 5.41) is 0. The van der Waals surface area contributed by atoms with E-state index in [1.807, 2.05) is 0 Å². The Morgan fingerprint density at radius 3 is 0.667 bits per heavy atom. The van der Waals surface area contributed by atoms with E-state index in [2.05, 4.69) is 0 Å². The van der Waals surface area contributed by atoms with Crippen molar-refractivity contribution in [2.24, 2.45) is 0 Å². The van der Waals surface area contributed by atoms with Gasteiger partial charge in [0.15, 0.2) is 0 Å². The summed E-state index contributed by atoms with van der Waals surface area (Å²) in [6.07, 6.45) is 0. The van der Waals surface area contributed by atoms with Gasteiger partial charge in [0.2, 0.25) is 0 Å². The van der Waals surface area contributed by atoms with Crippen molar-refractivity contribution in [1.29, 1.82) is 0 Å². The zero-order valence-corrected chi connectivity index (χ0v) is 10.5. The molecule has 0 bridgehead atoms. The van der Waals surface area contributed by atoms with Crippen molar-refractivity contribution in [3.05, 3.63) is 0 Å². The molecule has 0 fully saturated rings. The maximum atomic E-state index is 0. The summed E-state index contributed by atoms with van der Waals surface area (Å²) in [6.45, 7) is 0. The molecule has 6 heavy (non-hydrogen) atoms. The standard InChI is InChI=1S/Ga.In.2H2O.2Sn.10H/h;;2*1H2;;;;;;;;;;;;. The fourth-order valence-corrected chi connectivity index (χ4v) is 0.